The maximum atomic E-state index is 11.4. The van der Waals surface area contributed by atoms with Crippen LogP contribution in [0, 0.1) is 0 Å². The minimum absolute atomic E-state index is 0.180. The molecule has 1 aromatic heterocycles. The third-order valence-corrected chi connectivity index (χ3v) is 2.42. The Balaban J connectivity index is 2.54. The highest BCUT2D eigenvalue weighted by molar-refractivity contribution is 5.36. The van der Waals surface area contributed by atoms with E-state index in [1.807, 2.05) is 6.92 Å². The van der Waals surface area contributed by atoms with Crippen LogP contribution in [-0.2, 0) is 19.3 Å². The Morgan fingerprint density at radius 2 is 2.23 bits per heavy atom. The molecular weight excluding hydrogens is 168 g/mol. The molecule has 1 heterocycles. The summed E-state index contributed by atoms with van der Waals surface area (Å²) in [7, 11) is 0. The van der Waals surface area contributed by atoms with Gasteiger partial charge >= 0.3 is 0 Å². The highest BCUT2D eigenvalue weighted by Gasteiger charge is 2.24. The zero-order valence-corrected chi connectivity index (χ0v) is 7.59. The van der Waals surface area contributed by atoms with E-state index in [-0.39, 0.29) is 11.2 Å². The van der Waals surface area contributed by atoms with Gasteiger partial charge in [-0.2, -0.15) is 0 Å². The fraction of sp³-hybridized carbons (Fsp3) is 0.500. The minimum Gasteiger partial charge on any atom is -0.502 e. The summed E-state index contributed by atoms with van der Waals surface area (Å²) < 4.78 is 5.40. The number of fused-ring (bicyclic) bond motifs is 1. The van der Waals surface area contributed by atoms with Crippen molar-refractivity contribution in [2.75, 3.05) is 0 Å². The van der Waals surface area contributed by atoms with Gasteiger partial charge in [0.2, 0.25) is 11.2 Å². The van der Waals surface area contributed by atoms with Gasteiger partial charge in [0.1, 0.15) is 11.5 Å². The molecule has 0 aliphatic heterocycles. The summed E-state index contributed by atoms with van der Waals surface area (Å²) in [6.45, 7) is 1.98. The quantitative estimate of drug-likeness (QED) is 0.748. The molecule has 0 saturated carbocycles. The summed E-state index contributed by atoms with van der Waals surface area (Å²) >= 11 is 0. The average molecular weight is 180 g/mol. The molecule has 0 spiro atoms. The summed E-state index contributed by atoms with van der Waals surface area (Å²) in [6.07, 6.45) is 3.09. The van der Waals surface area contributed by atoms with Gasteiger partial charge in [-0.25, -0.2) is 0 Å². The van der Waals surface area contributed by atoms with Gasteiger partial charge in [-0.15, -0.1) is 0 Å². The van der Waals surface area contributed by atoms with Gasteiger partial charge in [0, 0.05) is 18.4 Å². The van der Waals surface area contributed by atoms with E-state index in [2.05, 4.69) is 0 Å². The average Bonchev–Trinajstić information content (AvgIpc) is 2.06. The van der Waals surface area contributed by atoms with Crippen LogP contribution in [-0.4, -0.2) is 5.11 Å². The number of rotatable bonds is 2. The Hall–Kier alpha value is -1.25. The van der Waals surface area contributed by atoms with Crippen LogP contribution >= 0.6 is 0 Å². The molecule has 0 fully saturated rings. The zero-order valence-electron chi connectivity index (χ0n) is 7.59. The Bertz CT molecular complexity index is 390. The van der Waals surface area contributed by atoms with E-state index in [1.54, 1.807) is 0 Å². The first kappa shape index (κ1) is 8.35. The molecule has 1 N–H and O–H groups in total. The summed E-state index contributed by atoms with van der Waals surface area (Å²) in [4.78, 5) is 11.4. The first-order valence-electron chi connectivity index (χ1n) is 4.60. The summed E-state index contributed by atoms with van der Waals surface area (Å²) in [5, 5.41) is 9.46. The minimum atomic E-state index is -0.226. The predicted octanol–water partition coefficient (Wildman–Crippen LogP) is 1.40. The maximum Gasteiger partial charge on any atom is 0.230 e. The second-order valence-electron chi connectivity index (χ2n) is 3.35. The molecule has 1 aliphatic rings. The smallest absolute Gasteiger partial charge is 0.230 e. The monoisotopic (exact) mass is 180 g/mol. The fourth-order valence-electron chi connectivity index (χ4n) is 1.57. The Labute approximate surface area is 76.0 Å². The summed E-state index contributed by atoms with van der Waals surface area (Å²) in [5.41, 5.74) is 0.438. The molecule has 2 rings (SSSR count). The van der Waals surface area contributed by atoms with E-state index < -0.39 is 0 Å². The molecule has 1 aliphatic carbocycles. The van der Waals surface area contributed by atoms with Gasteiger partial charge in [-0.3, -0.25) is 4.79 Å². The van der Waals surface area contributed by atoms with Crippen molar-refractivity contribution in [3.05, 3.63) is 27.3 Å². The zero-order chi connectivity index (χ0) is 9.42. The van der Waals surface area contributed by atoms with E-state index in [4.69, 9.17) is 4.42 Å². The maximum absolute atomic E-state index is 11.4. The molecule has 3 nitrogen and oxygen atoms in total. The molecule has 0 bridgehead atoms. The van der Waals surface area contributed by atoms with Crippen molar-refractivity contribution in [1.82, 2.24) is 0 Å². The van der Waals surface area contributed by atoms with Gasteiger partial charge in [0.15, 0.2) is 0 Å². The third kappa shape index (κ3) is 1.15. The molecule has 0 unspecified atom stereocenters. The van der Waals surface area contributed by atoms with E-state index in [9.17, 15) is 9.90 Å². The standard InChI is InChI=1S/C10H12O3/c1-2-3-8-10(12)9(11)6-4-5-7(6)13-8/h12H,2-5H2,1H3. The molecule has 1 aromatic rings. The lowest BCUT2D eigenvalue weighted by Crippen LogP contribution is -2.22. The van der Waals surface area contributed by atoms with Crippen LogP contribution < -0.4 is 5.43 Å². The topological polar surface area (TPSA) is 50.4 Å². The lowest BCUT2D eigenvalue weighted by Gasteiger charge is -2.17. The van der Waals surface area contributed by atoms with Crippen molar-refractivity contribution in [3.8, 4) is 5.75 Å². The third-order valence-electron chi connectivity index (χ3n) is 2.42. The van der Waals surface area contributed by atoms with E-state index in [1.165, 1.54) is 0 Å². The van der Waals surface area contributed by atoms with Crippen LogP contribution in [0.25, 0.3) is 0 Å². The summed E-state index contributed by atoms with van der Waals surface area (Å²) in [5.74, 6) is 1.04. The highest BCUT2D eigenvalue weighted by atomic mass is 16.4. The lowest BCUT2D eigenvalue weighted by molar-refractivity contribution is 0.358. The van der Waals surface area contributed by atoms with Gasteiger partial charge in [0.25, 0.3) is 0 Å². The second-order valence-corrected chi connectivity index (χ2v) is 3.35. The molecule has 70 valence electrons. The molecular formula is C10H12O3. The predicted molar refractivity (Wildman–Crippen MR) is 48.0 cm³/mol. The van der Waals surface area contributed by atoms with Crippen LogP contribution in [0.1, 0.15) is 30.4 Å². The Morgan fingerprint density at radius 1 is 1.46 bits per heavy atom. The number of hydrogen-bond donors (Lipinski definition) is 1. The number of hydrogen-bond acceptors (Lipinski definition) is 3. The Morgan fingerprint density at radius 3 is 2.77 bits per heavy atom. The van der Waals surface area contributed by atoms with E-state index in [0.29, 0.717) is 17.7 Å². The van der Waals surface area contributed by atoms with Crippen molar-refractivity contribution in [3.63, 3.8) is 0 Å². The van der Waals surface area contributed by atoms with Crippen molar-refractivity contribution in [1.29, 1.82) is 0 Å². The largest absolute Gasteiger partial charge is 0.502 e. The Kier molecular flexibility index (Phi) is 1.87. The first-order valence-corrected chi connectivity index (χ1v) is 4.60. The SMILES string of the molecule is CCCc1oc2c(c(=O)c1O)CC2. The first-order chi connectivity index (χ1) is 6.24. The van der Waals surface area contributed by atoms with Crippen molar-refractivity contribution >= 4 is 0 Å². The van der Waals surface area contributed by atoms with Crippen LogP contribution in [0.3, 0.4) is 0 Å². The van der Waals surface area contributed by atoms with Gasteiger partial charge in [0.05, 0.1) is 0 Å². The fourth-order valence-corrected chi connectivity index (χ4v) is 1.57. The van der Waals surface area contributed by atoms with Gasteiger partial charge in [-0.05, 0) is 12.8 Å². The highest BCUT2D eigenvalue weighted by Crippen LogP contribution is 2.25. The molecule has 0 atom stereocenters. The van der Waals surface area contributed by atoms with Crippen molar-refractivity contribution in [2.24, 2.45) is 0 Å². The van der Waals surface area contributed by atoms with Crippen molar-refractivity contribution in [2.45, 2.75) is 32.6 Å². The van der Waals surface area contributed by atoms with Gasteiger partial charge < -0.3 is 9.52 Å². The van der Waals surface area contributed by atoms with Gasteiger partial charge in [-0.1, -0.05) is 6.92 Å². The van der Waals surface area contributed by atoms with E-state index >= 15 is 0 Å². The normalized spacial score (nSPS) is 13.6. The van der Waals surface area contributed by atoms with Crippen molar-refractivity contribution < 1.29 is 9.52 Å². The van der Waals surface area contributed by atoms with Crippen LogP contribution in [0.5, 0.6) is 5.75 Å². The molecule has 0 radical (unpaired) electrons. The molecule has 0 saturated heterocycles. The molecule has 0 amide bonds. The second kappa shape index (κ2) is 2.91. The number of aromatic hydroxyl groups is 1. The van der Waals surface area contributed by atoms with E-state index in [0.717, 1.165) is 25.0 Å². The van der Waals surface area contributed by atoms with Crippen LogP contribution in [0.2, 0.25) is 0 Å². The lowest BCUT2D eigenvalue weighted by atomic mass is 9.94. The summed E-state index contributed by atoms with van der Waals surface area (Å²) in [6, 6.07) is 0. The van der Waals surface area contributed by atoms with Crippen LogP contribution in [0.15, 0.2) is 9.21 Å². The van der Waals surface area contributed by atoms with Crippen LogP contribution in [0.4, 0.5) is 0 Å². The number of aryl methyl sites for hydroxylation is 2. The molecule has 3 heteroatoms. The molecule has 0 aromatic carbocycles. The molecule has 13 heavy (non-hydrogen) atoms.